The highest BCUT2D eigenvalue weighted by Gasteiger charge is 2.50. The van der Waals surface area contributed by atoms with Crippen molar-refractivity contribution in [3.05, 3.63) is 39.9 Å². The lowest BCUT2D eigenvalue weighted by atomic mass is 9.49. The Morgan fingerprint density at radius 3 is 2.36 bits per heavy atom. The van der Waals surface area contributed by atoms with E-state index in [9.17, 15) is 9.59 Å². The number of ether oxygens (including phenoxy) is 1. The lowest BCUT2D eigenvalue weighted by Gasteiger charge is -2.56. The first-order valence-corrected chi connectivity index (χ1v) is 10.7. The first-order valence-electron chi connectivity index (χ1n) is 9.97. The van der Waals surface area contributed by atoms with Crippen LogP contribution in [0.1, 0.15) is 44.1 Å². The molecule has 1 aromatic carbocycles. The van der Waals surface area contributed by atoms with Gasteiger partial charge in [-0.15, -0.1) is 0 Å². The van der Waals surface area contributed by atoms with E-state index >= 15 is 0 Å². The molecule has 0 radical (unpaired) electrons. The number of hydrogen-bond acceptors (Lipinski definition) is 3. The van der Waals surface area contributed by atoms with Crippen molar-refractivity contribution in [1.82, 2.24) is 5.32 Å². The van der Waals surface area contributed by atoms with Crippen molar-refractivity contribution in [2.24, 2.45) is 23.2 Å². The summed E-state index contributed by atoms with van der Waals surface area (Å²) in [4.78, 5) is 24.0. The van der Waals surface area contributed by atoms with Crippen LogP contribution in [0.25, 0.3) is 6.08 Å². The van der Waals surface area contributed by atoms with E-state index in [1.54, 1.807) is 24.3 Å². The molecule has 0 spiro atoms. The zero-order chi connectivity index (χ0) is 19.7. The van der Waals surface area contributed by atoms with Gasteiger partial charge in [0, 0.05) is 22.7 Å². The molecule has 4 bridgehead atoms. The van der Waals surface area contributed by atoms with Gasteiger partial charge >= 0.3 is 5.97 Å². The Morgan fingerprint density at radius 2 is 1.75 bits per heavy atom. The summed E-state index contributed by atoms with van der Waals surface area (Å²) in [7, 11) is 0. The molecule has 4 saturated carbocycles. The van der Waals surface area contributed by atoms with E-state index in [4.69, 9.17) is 27.9 Å². The molecule has 0 atom stereocenters. The molecule has 4 aliphatic rings. The fraction of sp³-hybridized carbons (Fsp3) is 0.545. The molecule has 1 N–H and O–H groups in total. The van der Waals surface area contributed by atoms with Crippen molar-refractivity contribution >= 4 is 41.2 Å². The molecule has 4 fully saturated rings. The average molecular weight is 422 g/mol. The highest BCUT2D eigenvalue weighted by atomic mass is 35.5. The molecule has 28 heavy (non-hydrogen) atoms. The van der Waals surface area contributed by atoms with Gasteiger partial charge in [0.05, 0.1) is 0 Å². The summed E-state index contributed by atoms with van der Waals surface area (Å²) in [5.41, 5.74) is 0.939. The largest absolute Gasteiger partial charge is 0.452 e. The van der Waals surface area contributed by atoms with Crippen LogP contribution in [0.2, 0.25) is 10.0 Å². The van der Waals surface area contributed by atoms with Crippen LogP contribution in [0, 0.1) is 23.2 Å². The molecule has 0 aliphatic heterocycles. The van der Waals surface area contributed by atoms with Crippen molar-refractivity contribution < 1.29 is 14.3 Å². The van der Waals surface area contributed by atoms with Crippen LogP contribution >= 0.6 is 23.2 Å². The molecule has 1 amide bonds. The minimum absolute atomic E-state index is 0.234. The van der Waals surface area contributed by atoms with Crippen molar-refractivity contribution in [1.29, 1.82) is 0 Å². The zero-order valence-corrected chi connectivity index (χ0v) is 17.3. The first kappa shape index (κ1) is 19.8. The SMILES string of the molecule is O=C(COC(=O)/C=C/c1ccc(Cl)cc1Cl)NCC12CC3CC(CC(C3)C1)C2. The van der Waals surface area contributed by atoms with Gasteiger partial charge in [-0.25, -0.2) is 4.79 Å². The summed E-state index contributed by atoms with van der Waals surface area (Å²) in [5, 5.41) is 3.99. The van der Waals surface area contributed by atoms with Gasteiger partial charge in [-0.2, -0.15) is 0 Å². The number of rotatable bonds is 6. The Morgan fingerprint density at radius 1 is 1.11 bits per heavy atom. The van der Waals surface area contributed by atoms with E-state index in [1.807, 2.05) is 0 Å². The number of nitrogens with one attached hydrogen (secondary N) is 1. The standard InChI is InChI=1S/C22H25Cl2NO3/c23-18-3-1-17(19(24)8-18)2-4-21(27)28-12-20(26)25-13-22-9-14-5-15(10-22)7-16(6-14)11-22/h1-4,8,14-16H,5-7,9-13H2,(H,25,26)/b4-2+. The fourth-order valence-electron chi connectivity index (χ4n) is 5.82. The Hall–Kier alpha value is -1.52. The quantitative estimate of drug-likeness (QED) is 0.525. The molecular weight excluding hydrogens is 397 g/mol. The molecular formula is C22H25Cl2NO3. The van der Waals surface area contributed by atoms with E-state index in [1.165, 1.54) is 44.6 Å². The maximum absolute atomic E-state index is 12.2. The van der Waals surface area contributed by atoms with Crippen molar-refractivity contribution in [3.63, 3.8) is 0 Å². The molecule has 0 aromatic heterocycles. The summed E-state index contributed by atoms with van der Waals surface area (Å²) < 4.78 is 5.05. The number of halogens is 2. The number of hydrogen-bond donors (Lipinski definition) is 1. The van der Waals surface area contributed by atoms with Gasteiger partial charge in [-0.05, 0) is 85.5 Å². The van der Waals surface area contributed by atoms with Gasteiger partial charge in [0.2, 0.25) is 0 Å². The van der Waals surface area contributed by atoms with Gasteiger partial charge in [0.15, 0.2) is 6.61 Å². The third-order valence-electron chi connectivity index (χ3n) is 6.53. The van der Waals surface area contributed by atoms with E-state index in [-0.39, 0.29) is 17.9 Å². The van der Waals surface area contributed by atoms with Gasteiger partial charge in [0.25, 0.3) is 5.91 Å². The van der Waals surface area contributed by atoms with Crippen LogP contribution in [-0.2, 0) is 14.3 Å². The third kappa shape index (κ3) is 4.55. The summed E-state index contributed by atoms with van der Waals surface area (Å²) in [6.45, 7) is 0.451. The average Bonchev–Trinajstić information content (AvgIpc) is 2.63. The molecule has 1 aromatic rings. The van der Waals surface area contributed by atoms with Crippen LogP contribution in [0.3, 0.4) is 0 Å². The van der Waals surface area contributed by atoms with E-state index in [0.717, 1.165) is 17.8 Å². The first-order chi connectivity index (χ1) is 13.4. The predicted molar refractivity (Wildman–Crippen MR) is 110 cm³/mol. The minimum atomic E-state index is -0.573. The predicted octanol–water partition coefficient (Wildman–Crippen LogP) is 4.88. The molecule has 4 nitrogen and oxygen atoms in total. The molecule has 5 rings (SSSR count). The molecule has 4 aliphatic carbocycles. The van der Waals surface area contributed by atoms with Gasteiger partial charge in [-0.3, -0.25) is 4.79 Å². The highest BCUT2D eigenvalue weighted by Crippen LogP contribution is 2.59. The van der Waals surface area contributed by atoms with Crippen LogP contribution in [0.4, 0.5) is 0 Å². The minimum Gasteiger partial charge on any atom is -0.452 e. The van der Waals surface area contributed by atoms with Crippen molar-refractivity contribution in [2.45, 2.75) is 38.5 Å². The number of esters is 1. The molecule has 0 heterocycles. The molecule has 6 heteroatoms. The Balaban J connectivity index is 1.22. The van der Waals surface area contributed by atoms with Crippen LogP contribution in [0.15, 0.2) is 24.3 Å². The number of benzene rings is 1. The second-order valence-corrected chi connectivity index (χ2v) is 9.64. The van der Waals surface area contributed by atoms with Crippen LogP contribution in [0.5, 0.6) is 0 Å². The maximum Gasteiger partial charge on any atom is 0.331 e. The topological polar surface area (TPSA) is 55.4 Å². The molecule has 0 saturated heterocycles. The summed E-state index contributed by atoms with van der Waals surface area (Å²) in [5.74, 6) is 1.75. The second-order valence-electron chi connectivity index (χ2n) is 8.80. The van der Waals surface area contributed by atoms with Crippen molar-refractivity contribution in [3.8, 4) is 0 Å². The maximum atomic E-state index is 12.2. The molecule has 0 unspecified atom stereocenters. The summed E-state index contributed by atoms with van der Waals surface area (Å²) in [6.07, 6.45) is 10.7. The Bertz CT molecular complexity index is 770. The van der Waals surface area contributed by atoms with Gasteiger partial charge in [0.1, 0.15) is 0 Å². The Kier molecular flexibility index (Phi) is 5.71. The summed E-state index contributed by atoms with van der Waals surface area (Å²) in [6, 6.07) is 5.01. The van der Waals surface area contributed by atoms with Gasteiger partial charge < -0.3 is 10.1 Å². The van der Waals surface area contributed by atoms with Crippen LogP contribution < -0.4 is 5.32 Å². The number of carbonyl (C=O) groups excluding carboxylic acids is 2. The fourth-order valence-corrected chi connectivity index (χ4v) is 6.29. The highest BCUT2D eigenvalue weighted by molar-refractivity contribution is 6.35. The number of carbonyl (C=O) groups is 2. The zero-order valence-electron chi connectivity index (χ0n) is 15.8. The lowest BCUT2D eigenvalue weighted by Crippen LogP contribution is -2.51. The summed E-state index contributed by atoms with van der Waals surface area (Å²) >= 11 is 11.9. The number of amides is 1. The van der Waals surface area contributed by atoms with E-state index in [2.05, 4.69) is 5.32 Å². The van der Waals surface area contributed by atoms with Crippen molar-refractivity contribution in [2.75, 3.05) is 13.2 Å². The van der Waals surface area contributed by atoms with E-state index < -0.39 is 5.97 Å². The monoisotopic (exact) mass is 421 g/mol. The smallest absolute Gasteiger partial charge is 0.331 e. The second kappa shape index (κ2) is 8.08. The Labute approximate surface area is 175 Å². The third-order valence-corrected chi connectivity index (χ3v) is 7.10. The normalized spacial score (nSPS) is 30.6. The van der Waals surface area contributed by atoms with Crippen LogP contribution in [-0.4, -0.2) is 25.0 Å². The molecule has 150 valence electrons. The van der Waals surface area contributed by atoms with Gasteiger partial charge in [-0.1, -0.05) is 29.3 Å². The lowest BCUT2D eigenvalue weighted by molar-refractivity contribution is -0.144. The van der Waals surface area contributed by atoms with E-state index in [0.29, 0.717) is 22.2 Å².